The first-order valence-electron chi connectivity index (χ1n) is 7.72. The molecule has 1 heterocycles. The Bertz CT molecular complexity index is 758. The summed E-state index contributed by atoms with van der Waals surface area (Å²) in [6.07, 6.45) is 3.47. The SMILES string of the molecule is Cc1csc(NC(=O)COC(=O)CSc2ccc3c(c2)CCC3)n1. The van der Waals surface area contributed by atoms with E-state index in [1.54, 1.807) is 0 Å². The fraction of sp³-hybridized carbons (Fsp3) is 0.353. The molecule has 1 aromatic carbocycles. The molecule has 0 fully saturated rings. The number of rotatable bonds is 6. The highest BCUT2D eigenvalue weighted by Gasteiger charge is 2.13. The number of thiazole rings is 1. The van der Waals surface area contributed by atoms with Gasteiger partial charge in [-0.2, -0.15) is 0 Å². The smallest absolute Gasteiger partial charge is 0.316 e. The number of anilines is 1. The summed E-state index contributed by atoms with van der Waals surface area (Å²) >= 11 is 2.78. The number of carbonyl (C=O) groups is 2. The number of thioether (sulfide) groups is 1. The van der Waals surface area contributed by atoms with Crippen LogP contribution in [-0.4, -0.2) is 29.2 Å². The van der Waals surface area contributed by atoms with Gasteiger partial charge < -0.3 is 4.74 Å². The first-order chi connectivity index (χ1) is 11.6. The molecule has 1 aliphatic rings. The number of carbonyl (C=O) groups excluding carboxylic acids is 2. The van der Waals surface area contributed by atoms with Gasteiger partial charge in [0.05, 0.1) is 11.4 Å². The number of nitrogens with one attached hydrogen (secondary N) is 1. The van der Waals surface area contributed by atoms with E-state index >= 15 is 0 Å². The van der Waals surface area contributed by atoms with Gasteiger partial charge in [0.15, 0.2) is 11.7 Å². The molecule has 0 saturated heterocycles. The number of benzene rings is 1. The third-order valence-corrected chi connectivity index (χ3v) is 5.50. The molecule has 126 valence electrons. The number of hydrogen-bond acceptors (Lipinski definition) is 6. The summed E-state index contributed by atoms with van der Waals surface area (Å²) in [5.41, 5.74) is 3.64. The lowest BCUT2D eigenvalue weighted by atomic mass is 10.1. The molecule has 0 radical (unpaired) electrons. The highest BCUT2D eigenvalue weighted by atomic mass is 32.2. The standard InChI is InChI=1S/C17H18N2O3S2/c1-11-9-24-17(18-11)19-15(20)8-22-16(21)10-23-14-6-5-12-3-2-4-13(12)7-14/h5-7,9H,2-4,8,10H2,1H3,(H,18,19,20). The van der Waals surface area contributed by atoms with Crippen molar-refractivity contribution < 1.29 is 14.3 Å². The lowest BCUT2D eigenvalue weighted by Gasteiger charge is -2.06. The van der Waals surface area contributed by atoms with Gasteiger partial charge >= 0.3 is 5.97 Å². The Morgan fingerprint density at radius 3 is 2.96 bits per heavy atom. The fourth-order valence-corrected chi connectivity index (χ4v) is 4.00. The average Bonchev–Trinajstić information content (AvgIpc) is 3.19. The summed E-state index contributed by atoms with van der Waals surface area (Å²) < 4.78 is 5.00. The van der Waals surface area contributed by atoms with Gasteiger partial charge in [0.1, 0.15) is 0 Å². The van der Waals surface area contributed by atoms with E-state index in [0.29, 0.717) is 5.13 Å². The van der Waals surface area contributed by atoms with Crippen molar-refractivity contribution in [2.45, 2.75) is 31.1 Å². The van der Waals surface area contributed by atoms with E-state index in [0.717, 1.165) is 23.4 Å². The zero-order valence-electron chi connectivity index (χ0n) is 13.3. The summed E-state index contributed by atoms with van der Waals surface area (Å²) in [5.74, 6) is -0.575. The van der Waals surface area contributed by atoms with E-state index in [-0.39, 0.29) is 18.3 Å². The molecule has 24 heavy (non-hydrogen) atoms. The number of fused-ring (bicyclic) bond motifs is 1. The summed E-state index contributed by atoms with van der Waals surface area (Å²) in [6.45, 7) is 1.56. The average molecular weight is 362 g/mol. The van der Waals surface area contributed by atoms with Crippen LogP contribution in [0.1, 0.15) is 23.2 Å². The van der Waals surface area contributed by atoms with E-state index in [2.05, 4.69) is 22.4 Å². The van der Waals surface area contributed by atoms with Crippen molar-refractivity contribution in [3.63, 3.8) is 0 Å². The quantitative estimate of drug-likeness (QED) is 0.631. The second-order valence-electron chi connectivity index (χ2n) is 5.58. The monoisotopic (exact) mass is 362 g/mol. The number of amides is 1. The Balaban J connectivity index is 1.40. The van der Waals surface area contributed by atoms with E-state index in [9.17, 15) is 9.59 Å². The summed E-state index contributed by atoms with van der Waals surface area (Å²) in [7, 11) is 0. The zero-order valence-corrected chi connectivity index (χ0v) is 15.0. The predicted octanol–water partition coefficient (Wildman–Crippen LogP) is 3.21. The Morgan fingerprint density at radius 1 is 1.33 bits per heavy atom. The van der Waals surface area contributed by atoms with Gasteiger partial charge in [-0.3, -0.25) is 14.9 Å². The molecule has 0 bridgehead atoms. The van der Waals surface area contributed by atoms with Crippen LogP contribution in [0.2, 0.25) is 0 Å². The number of aryl methyl sites for hydroxylation is 3. The maximum absolute atomic E-state index is 11.8. The van der Waals surface area contributed by atoms with Crippen LogP contribution in [-0.2, 0) is 27.2 Å². The fourth-order valence-electron chi connectivity index (χ4n) is 2.53. The molecule has 1 amide bonds. The molecular formula is C17H18N2O3S2. The number of ether oxygens (including phenoxy) is 1. The zero-order chi connectivity index (χ0) is 16.9. The van der Waals surface area contributed by atoms with Gasteiger partial charge in [-0.25, -0.2) is 4.98 Å². The predicted molar refractivity (Wildman–Crippen MR) is 95.6 cm³/mol. The first-order valence-corrected chi connectivity index (χ1v) is 9.59. The second kappa shape index (κ2) is 7.81. The number of esters is 1. The van der Waals surface area contributed by atoms with Gasteiger partial charge in [-0.15, -0.1) is 23.1 Å². The molecule has 0 saturated carbocycles. The second-order valence-corrected chi connectivity index (χ2v) is 7.48. The third-order valence-electron chi connectivity index (χ3n) is 3.66. The molecule has 7 heteroatoms. The molecule has 2 aromatic rings. The van der Waals surface area contributed by atoms with Gasteiger partial charge in [0.25, 0.3) is 5.91 Å². The van der Waals surface area contributed by atoms with Crippen molar-refractivity contribution in [2.24, 2.45) is 0 Å². The van der Waals surface area contributed by atoms with E-state index in [4.69, 9.17) is 4.74 Å². The number of aromatic nitrogens is 1. The Labute approximate surface area is 148 Å². The summed E-state index contributed by atoms with van der Waals surface area (Å²) in [6, 6.07) is 6.33. The van der Waals surface area contributed by atoms with Gasteiger partial charge in [-0.1, -0.05) is 6.07 Å². The van der Waals surface area contributed by atoms with Gasteiger partial charge in [-0.05, 0) is 49.4 Å². The summed E-state index contributed by atoms with van der Waals surface area (Å²) in [5, 5.41) is 4.96. The van der Waals surface area contributed by atoms with Crippen LogP contribution >= 0.6 is 23.1 Å². The first kappa shape index (κ1) is 17.0. The third kappa shape index (κ3) is 4.58. The van der Waals surface area contributed by atoms with Crippen LogP contribution in [0.3, 0.4) is 0 Å². The van der Waals surface area contributed by atoms with Crippen LogP contribution in [0.5, 0.6) is 0 Å². The maximum Gasteiger partial charge on any atom is 0.316 e. The minimum atomic E-state index is -0.397. The van der Waals surface area contributed by atoms with E-state index < -0.39 is 5.97 Å². The topological polar surface area (TPSA) is 68.3 Å². The molecule has 0 spiro atoms. The molecule has 0 aliphatic heterocycles. The van der Waals surface area contributed by atoms with Crippen LogP contribution in [0.4, 0.5) is 5.13 Å². The Kier molecular flexibility index (Phi) is 5.52. The van der Waals surface area contributed by atoms with E-state index in [1.807, 2.05) is 18.4 Å². The van der Waals surface area contributed by atoms with E-state index in [1.165, 1.54) is 40.6 Å². The number of hydrogen-bond donors (Lipinski definition) is 1. The lowest BCUT2D eigenvalue weighted by molar-refractivity contribution is -0.144. The minimum Gasteiger partial charge on any atom is -0.455 e. The normalized spacial score (nSPS) is 12.7. The Morgan fingerprint density at radius 2 is 2.17 bits per heavy atom. The van der Waals surface area contributed by atoms with Gasteiger partial charge in [0, 0.05) is 10.3 Å². The Hall–Kier alpha value is -1.86. The molecule has 0 atom stereocenters. The highest BCUT2D eigenvalue weighted by molar-refractivity contribution is 8.00. The molecule has 5 nitrogen and oxygen atoms in total. The van der Waals surface area contributed by atoms with Crippen LogP contribution in [0.25, 0.3) is 0 Å². The number of nitrogens with zero attached hydrogens (tertiary/aromatic N) is 1. The molecule has 3 rings (SSSR count). The van der Waals surface area contributed by atoms with Gasteiger partial charge in [0.2, 0.25) is 0 Å². The van der Waals surface area contributed by atoms with Crippen molar-refractivity contribution in [1.29, 1.82) is 0 Å². The molecule has 1 aromatic heterocycles. The maximum atomic E-state index is 11.8. The summed E-state index contributed by atoms with van der Waals surface area (Å²) in [4.78, 5) is 28.7. The lowest BCUT2D eigenvalue weighted by Crippen LogP contribution is -2.21. The van der Waals surface area contributed by atoms with Crippen molar-refractivity contribution in [2.75, 3.05) is 17.7 Å². The molecule has 0 unspecified atom stereocenters. The highest BCUT2D eigenvalue weighted by Crippen LogP contribution is 2.27. The molecule has 1 aliphatic carbocycles. The van der Waals surface area contributed by atoms with Crippen LogP contribution in [0, 0.1) is 6.92 Å². The van der Waals surface area contributed by atoms with Crippen molar-refractivity contribution in [3.8, 4) is 0 Å². The van der Waals surface area contributed by atoms with Crippen molar-refractivity contribution in [3.05, 3.63) is 40.4 Å². The van der Waals surface area contributed by atoms with Crippen molar-refractivity contribution in [1.82, 2.24) is 4.98 Å². The van der Waals surface area contributed by atoms with Crippen LogP contribution in [0.15, 0.2) is 28.5 Å². The van der Waals surface area contributed by atoms with Crippen LogP contribution < -0.4 is 5.32 Å². The molecule has 1 N–H and O–H groups in total. The molecular weight excluding hydrogens is 344 g/mol. The largest absolute Gasteiger partial charge is 0.455 e. The van der Waals surface area contributed by atoms with Crippen molar-refractivity contribution >= 4 is 40.1 Å². The minimum absolute atomic E-state index is 0.197.